The minimum atomic E-state index is -0.116. The van der Waals surface area contributed by atoms with E-state index in [2.05, 4.69) is 39.2 Å². The van der Waals surface area contributed by atoms with E-state index in [0.29, 0.717) is 24.1 Å². The molecule has 5 heteroatoms. The van der Waals surface area contributed by atoms with Crippen molar-refractivity contribution in [1.82, 2.24) is 15.3 Å². The average Bonchev–Trinajstić information content (AvgIpc) is 2.65. The fraction of sp³-hybridized carbons (Fsp3) is 0.476. The fourth-order valence-electron chi connectivity index (χ4n) is 3.41. The van der Waals surface area contributed by atoms with E-state index in [4.69, 9.17) is 0 Å². The van der Waals surface area contributed by atoms with Crippen LogP contribution in [0.2, 0.25) is 0 Å². The molecule has 1 amide bonds. The van der Waals surface area contributed by atoms with Crippen LogP contribution < -0.4 is 10.2 Å². The van der Waals surface area contributed by atoms with Crippen LogP contribution >= 0.6 is 0 Å². The summed E-state index contributed by atoms with van der Waals surface area (Å²) in [5.74, 6) is 1.21. The SMILES string of the molecule is Cc1cc(C(=O)NCCCc2ccccc2)nc(N2CCCC(C)C2)n1. The number of hydrogen-bond acceptors (Lipinski definition) is 4. The Morgan fingerprint density at radius 2 is 2.08 bits per heavy atom. The molecule has 0 aliphatic carbocycles. The van der Waals surface area contributed by atoms with E-state index in [1.807, 2.05) is 25.1 Å². The lowest BCUT2D eigenvalue weighted by Crippen LogP contribution is -2.36. The highest BCUT2D eigenvalue weighted by molar-refractivity contribution is 5.92. The first-order valence-corrected chi connectivity index (χ1v) is 9.54. The van der Waals surface area contributed by atoms with Crippen molar-refractivity contribution in [3.8, 4) is 0 Å². The number of aryl methyl sites for hydroxylation is 2. The van der Waals surface area contributed by atoms with Gasteiger partial charge in [0.2, 0.25) is 5.95 Å². The van der Waals surface area contributed by atoms with Gasteiger partial charge in [-0.25, -0.2) is 9.97 Å². The Balaban J connectivity index is 1.56. The summed E-state index contributed by atoms with van der Waals surface area (Å²) in [6.07, 6.45) is 4.27. The first-order chi connectivity index (χ1) is 12.6. The lowest BCUT2D eigenvalue weighted by atomic mass is 10.0. The van der Waals surface area contributed by atoms with Crippen molar-refractivity contribution >= 4 is 11.9 Å². The van der Waals surface area contributed by atoms with Crippen LogP contribution in [0.25, 0.3) is 0 Å². The molecule has 138 valence electrons. The number of carbonyl (C=O) groups is 1. The number of amides is 1. The van der Waals surface area contributed by atoms with Crippen LogP contribution in [0.15, 0.2) is 36.4 Å². The van der Waals surface area contributed by atoms with Gasteiger partial charge in [-0.15, -0.1) is 0 Å². The third kappa shape index (κ3) is 5.04. The Morgan fingerprint density at radius 3 is 2.85 bits per heavy atom. The number of nitrogens with one attached hydrogen (secondary N) is 1. The lowest BCUT2D eigenvalue weighted by molar-refractivity contribution is 0.0948. The van der Waals surface area contributed by atoms with Gasteiger partial charge in [-0.1, -0.05) is 37.3 Å². The first-order valence-electron chi connectivity index (χ1n) is 9.54. The second-order valence-corrected chi connectivity index (χ2v) is 7.23. The van der Waals surface area contributed by atoms with E-state index < -0.39 is 0 Å². The van der Waals surface area contributed by atoms with E-state index in [1.165, 1.54) is 12.0 Å². The smallest absolute Gasteiger partial charge is 0.270 e. The quantitative estimate of drug-likeness (QED) is 0.810. The maximum atomic E-state index is 12.5. The van der Waals surface area contributed by atoms with E-state index in [-0.39, 0.29) is 5.91 Å². The number of carbonyl (C=O) groups excluding carboxylic acids is 1. The third-order valence-corrected chi connectivity index (χ3v) is 4.79. The zero-order valence-corrected chi connectivity index (χ0v) is 15.7. The van der Waals surface area contributed by atoms with Gasteiger partial charge in [0, 0.05) is 25.3 Å². The van der Waals surface area contributed by atoms with Crippen molar-refractivity contribution in [2.45, 2.75) is 39.5 Å². The predicted octanol–water partition coefficient (Wildman–Crippen LogP) is 3.38. The molecule has 1 unspecified atom stereocenters. The van der Waals surface area contributed by atoms with Gasteiger partial charge >= 0.3 is 0 Å². The molecule has 0 bridgehead atoms. The van der Waals surface area contributed by atoms with Crippen molar-refractivity contribution in [3.05, 3.63) is 53.3 Å². The van der Waals surface area contributed by atoms with Gasteiger partial charge in [0.05, 0.1) is 0 Å². The molecule has 1 N–H and O–H groups in total. The van der Waals surface area contributed by atoms with Crippen LogP contribution in [0.1, 0.15) is 47.9 Å². The van der Waals surface area contributed by atoms with Gasteiger partial charge in [0.25, 0.3) is 5.91 Å². The Kier molecular flexibility index (Phi) is 6.21. The average molecular weight is 352 g/mol. The summed E-state index contributed by atoms with van der Waals surface area (Å²) >= 11 is 0. The Morgan fingerprint density at radius 1 is 1.27 bits per heavy atom. The summed E-state index contributed by atoms with van der Waals surface area (Å²) in [6.45, 7) is 6.74. The highest BCUT2D eigenvalue weighted by atomic mass is 16.1. The molecule has 0 radical (unpaired) electrons. The minimum absolute atomic E-state index is 0.116. The maximum Gasteiger partial charge on any atom is 0.270 e. The van der Waals surface area contributed by atoms with Gasteiger partial charge in [0.1, 0.15) is 5.69 Å². The molecular formula is C21H28N4O. The number of aromatic nitrogens is 2. The van der Waals surface area contributed by atoms with E-state index in [0.717, 1.165) is 38.0 Å². The number of rotatable bonds is 6. The molecule has 26 heavy (non-hydrogen) atoms. The summed E-state index contributed by atoms with van der Waals surface area (Å²) in [5, 5.41) is 2.99. The van der Waals surface area contributed by atoms with Crippen LogP contribution in [0.4, 0.5) is 5.95 Å². The number of nitrogens with zero attached hydrogens (tertiary/aromatic N) is 3. The molecule has 1 aliphatic rings. The van der Waals surface area contributed by atoms with Crippen LogP contribution in [-0.2, 0) is 6.42 Å². The zero-order chi connectivity index (χ0) is 18.4. The Hall–Kier alpha value is -2.43. The molecule has 1 aromatic carbocycles. The van der Waals surface area contributed by atoms with Gasteiger partial charge in [-0.3, -0.25) is 4.79 Å². The monoisotopic (exact) mass is 352 g/mol. The van der Waals surface area contributed by atoms with Gasteiger partial charge < -0.3 is 10.2 Å². The van der Waals surface area contributed by atoms with Crippen LogP contribution in [0.5, 0.6) is 0 Å². The molecule has 0 saturated carbocycles. The predicted molar refractivity (Wildman–Crippen MR) is 104 cm³/mol. The third-order valence-electron chi connectivity index (χ3n) is 4.79. The lowest BCUT2D eigenvalue weighted by Gasteiger charge is -2.31. The molecule has 1 saturated heterocycles. The number of benzene rings is 1. The van der Waals surface area contributed by atoms with Crippen molar-refractivity contribution in [2.75, 3.05) is 24.5 Å². The maximum absolute atomic E-state index is 12.5. The second-order valence-electron chi connectivity index (χ2n) is 7.23. The number of hydrogen-bond donors (Lipinski definition) is 1. The minimum Gasteiger partial charge on any atom is -0.351 e. The van der Waals surface area contributed by atoms with E-state index in [1.54, 1.807) is 6.07 Å². The highest BCUT2D eigenvalue weighted by Crippen LogP contribution is 2.20. The van der Waals surface area contributed by atoms with E-state index in [9.17, 15) is 4.79 Å². The molecule has 1 fully saturated rings. The molecular weight excluding hydrogens is 324 g/mol. The van der Waals surface area contributed by atoms with Crippen molar-refractivity contribution in [2.24, 2.45) is 5.92 Å². The van der Waals surface area contributed by atoms with Gasteiger partial charge in [-0.2, -0.15) is 0 Å². The standard InChI is InChI=1S/C21H28N4O/c1-16-8-7-13-25(15-16)21-23-17(2)14-19(24-21)20(26)22-12-6-11-18-9-4-3-5-10-18/h3-5,9-10,14,16H,6-8,11-13,15H2,1-2H3,(H,22,26). The summed E-state index contributed by atoms with van der Waals surface area (Å²) in [4.78, 5) is 23.8. The summed E-state index contributed by atoms with van der Waals surface area (Å²) in [5.41, 5.74) is 2.59. The molecule has 1 atom stereocenters. The molecule has 2 heterocycles. The summed E-state index contributed by atoms with van der Waals surface area (Å²) in [7, 11) is 0. The molecule has 2 aromatic rings. The fourth-order valence-corrected chi connectivity index (χ4v) is 3.41. The normalized spacial score (nSPS) is 17.2. The second kappa shape index (κ2) is 8.79. The molecule has 5 nitrogen and oxygen atoms in total. The zero-order valence-electron chi connectivity index (χ0n) is 15.7. The molecule has 1 aliphatic heterocycles. The number of piperidine rings is 1. The number of anilines is 1. The topological polar surface area (TPSA) is 58.1 Å². The van der Waals surface area contributed by atoms with Crippen LogP contribution in [-0.4, -0.2) is 35.5 Å². The van der Waals surface area contributed by atoms with Crippen LogP contribution in [0.3, 0.4) is 0 Å². The van der Waals surface area contributed by atoms with Crippen molar-refractivity contribution in [3.63, 3.8) is 0 Å². The van der Waals surface area contributed by atoms with Crippen molar-refractivity contribution < 1.29 is 4.79 Å². The molecule has 0 spiro atoms. The summed E-state index contributed by atoms with van der Waals surface area (Å²) in [6, 6.07) is 12.1. The summed E-state index contributed by atoms with van der Waals surface area (Å²) < 4.78 is 0. The van der Waals surface area contributed by atoms with Crippen molar-refractivity contribution in [1.29, 1.82) is 0 Å². The van der Waals surface area contributed by atoms with E-state index >= 15 is 0 Å². The highest BCUT2D eigenvalue weighted by Gasteiger charge is 2.20. The Labute approximate surface area is 155 Å². The first kappa shape index (κ1) is 18.4. The molecule has 1 aromatic heterocycles. The van der Waals surface area contributed by atoms with Crippen LogP contribution in [0, 0.1) is 12.8 Å². The van der Waals surface area contributed by atoms with Gasteiger partial charge in [0.15, 0.2) is 0 Å². The Bertz CT molecular complexity index is 732. The van der Waals surface area contributed by atoms with Gasteiger partial charge in [-0.05, 0) is 50.2 Å². The molecule has 3 rings (SSSR count). The largest absolute Gasteiger partial charge is 0.351 e.